The van der Waals surface area contributed by atoms with Gasteiger partial charge in [0, 0.05) is 17.1 Å². The Morgan fingerprint density at radius 1 is 1.24 bits per heavy atom. The van der Waals surface area contributed by atoms with Crippen LogP contribution in [0.5, 0.6) is 0 Å². The molecular formula is C21H22BrNO2. The second-order valence-corrected chi connectivity index (χ2v) is 7.24. The molecule has 2 aromatic rings. The number of hydrogen-bond donors (Lipinski definition) is 0. The average molecular weight is 400 g/mol. The molecule has 0 unspecified atom stereocenters. The largest absolute Gasteiger partial charge is 0.468 e. The lowest BCUT2D eigenvalue weighted by Gasteiger charge is -2.30. The molecule has 0 spiro atoms. The second-order valence-electron chi connectivity index (χ2n) is 6.33. The van der Waals surface area contributed by atoms with Gasteiger partial charge < -0.3 is 4.74 Å². The minimum absolute atomic E-state index is 0.106. The number of carbonyl (C=O) groups is 1. The van der Waals surface area contributed by atoms with Crippen LogP contribution in [0.15, 0.2) is 71.7 Å². The maximum absolute atomic E-state index is 12.4. The van der Waals surface area contributed by atoms with E-state index in [9.17, 15) is 4.79 Å². The smallest absolute Gasteiger partial charge is 0.323 e. The van der Waals surface area contributed by atoms with Gasteiger partial charge in [-0.15, -0.1) is 6.58 Å². The Kier molecular flexibility index (Phi) is 5.71. The Hall–Kier alpha value is -1.91. The number of halogens is 1. The fourth-order valence-corrected chi connectivity index (χ4v) is 3.92. The first-order chi connectivity index (χ1) is 12.1. The summed E-state index contributed by atoms with van der Waals surface area (Å²) in [4.78, 5) is 14.6. The van der Waals surface area contributed by atoms with Crippen molar-refractivity contribution in [3.8, 4) is 0 Å². The van der Waals surface area contributed by atoms with Gasteiger partial charge in [-0.1, -0.05) is 64.5 Å². The van der Waals surface area contributed by atoms with Gasteiger partial charge >= 0.3 is 5.97 Å². The molecule has 1 aliphatic rings. The molecule has 0 aromatic heterocycles. The summed E-state index contributed by atoms with van der Waals surface area (Å²) in [5.74, 6) is 0.0244. The molecule has 1 fully saturated rings. The first-order valence-electron chi connectivity index (χ1n) is 8.39. The highest BCUT2D eigenvalue weighted by Gasteiger charge is 2.44. The lowest BCUT2D eigenvalue weighted by molar-refractivity contribution is -0.146. The topological polar surface area (TPSA) is 29.5 Å². The van der Waals surface area contributed by atoms with E-state index < -0.39 is 0 Å². The number of esters is 1. The fraction of sp³-hybridized carbons (Fsp3) is 0.286. The zero-order chi connectivity index (χ0) is 17.8. The van der Waals surface area contributed by atoms with Crippen LogP contribution in [0.2, 0.25) is 0 Å². The van der Waals surface area contributed by atoms with E-state index in [2.05, 4.69) is 51.7 Å². The minimum Gasteiger partial charge on any atom is -0.468 e. The SMILES string of the molecule is C=C[C@@H]1C[C@H](C(=O)OC)N(Cc2ccccc2)[C@H]1c1ccc(Br)cc1. The van der Waals surface area contributed by atoms with Crippen LogP contribution in [0.3, 0.4) is 0 Å². The van der Waals surface area contributed by atoms with Crippen molar-refractivity contribution >= 4 is 21.9 Å². The monoisotopic (exact) mass is 399 g/mol. The third-order valence-electron chi connectivity index (χ3n) is 4.85. The van der Waals surface area contributed by atoms with Gasteiger partial charge in [0.1, 0.15) is 6.04 Å². The van der Waals surface area contributed by atoms with E-state index in [0.717, 1.165) is 10.9 Å². The number of nitrogens with zero attached hydrogens (tertiary/aromatic N) is 1. The summed E-state index contributed by atoms with van der Waals surface area (Å²) in [5.41, 5.74) is 2.37. The summed E-state index contributed by atoms with van der Waals surface area (Å²) in [7, 11) is 1.46. The molecule has 0 aliphatic carbocycles. The number of rotatable bonds is 5. The third kappa shape index (κ3) is 3.86. The van der Waals surface area contributed by atoms with E-state index in [4.69, 9.17) is 4.74 Å². The predicted octanol–water partition coefficient (Wildman–Crippen LogP) is 4.74. The quantitative estimate of drug-likeness (QED) is 0.537. The van der Waals surface area contributed by atoms with Crippen LogP contribution in [0.4, 0.5) is 0 Å². The average Bonchev–Trinajstić information content (AvgIpc) is 3.01. The van der Waals surface area contributed by atoms with Crippen molar-refractivity contribution in [2.24, 2.45) is 5.92 Å². The Morgan fingerprint density at radius 2 is 1.92 bits per heavy atom. The van der Waals surface area contributed by atoms with Crippen molar-refractivity contribution < 1.29 is 9.53 Å². The van der Waals surface area contributed by atoms with E-state index >= 15 is 0 Å². The molecule has 0 bridgehead atoms. The number of likely N-dealkylation sites (tertiary alicyclic amines) is 1. The fourth-order valence-electron chi connectivity index (χ4n) is 3.66. The standard InChI is InChI=1S/C21H22BrNO2/c1-3-16-13-19(21(24)25-2)23(14-15-7-5-4-6-8-15)20(16)17-9-11-18(22)12-10-17/h3-12,16,19-20H,1,13-14H2,2H3/t16-,19-,20-/m1/s1. The highest BCUT2D eigenvalue weighted by Crippen LogP contribution is 2.43. The molecule has 3 nitrogen and oxygen atoms in total. The van der Waals surface area contributed by atoms with Crippen LogP contribution in [0.25, 0.3) is 0 Å². The molecule has 1 aliphatic heterocycles. The van der Waals surface area contributed by atoms with Crippen LogP contribution < -0.4 is 0 Å². The molecule has 0 saturated carbocycles. The van der Waals surface area contributed by atoms with Gasteiger partial charge in [-0.25, -0.2) is 0 Å². The summed E-state index contributed by atoms with van der Waals surface area (Å²) >= 11 is 3.49. The molecular weight excluding hydrogens is 378 g/mol. The van der Waals surface area contributed by atoms with E-state index in [1.54, 1.807) is 0 Å². The third-order valence-corrected chi connectivity index (χ3v) is 5.38. The molecule has 3 rings (SSSR count). The van der Waals surface area contributed by atoms with Crippen molar-refractivity contribution in [2.75, 3.05) is 7.11 Å². The van der Waals surface area contributed by atoms with Gasteiger partial charge in [-0.2, -0.15) is 0 Å². The molecule has 2 aromatic carbocycles. The van der Waals surface area contributed by atoms with Crippen molar-refractivity contribution in [3.05, 3.63) is 82.9 Å². The molecule has 4 heteroatoms. The van der Waals surface area contributed by atoms with Gasteiger partial charge in [0.15, 0.2) is 0 Å². The van der Waals surface area contributed by atoms with E-state index in [-0.39, 0.29) is 24.0 Å². The van der Waals surface area contributed by atoms with Crippen molar-refractivity contribution in [2.45, 2.75) is 25.0 Å². The van der Waals surface area contributed by atoms with Gasteiger partial charge in [0.2, 0.25) is 0 Å². The van der Waals surface area contributed by atoms with Gasteiger partial charge in [0.25, 0.3) is 0 Å². The minimum atomic E-state index is -0.262. The highest BCUT2D eigenvalue weighted by molar-refractivity contribution is 9.10. The number of hydrogen-bond acceptors (Lipinski definition) is 3. The number of carbonyl (C=O) groups excluding carboxylic acids is 1. The first-order valence-corrected chi connectivity index (χ1v) is 9.19. The molecule has 25 heavy (non-hydrogen) atoms. The molecule has 0 N–H and O–H groups in total. The number of benzene rings is 2. The highest BCUT2D eigenvalue weighted by atomic mass is 79.9. The zero-order valence-corrected chi connectivity index (χ0v) is 15.9. The zero-order valence-electron chi connectivity index (χ0n) is 14.3. The van der Waals surface area contributed by atoms with E-state index in [1.807, 2.05) is 36.4 Å². The molecule has 0 radical (unpaired) electrons. The maximum atomic E-state index is 12.4. The van der Waals surface area contributed by atoms with Crippen molar-refractivity contribution in [3.63, 3.8) is 0 Å². The van der Waals surface area contributed by atoms with Crippen LogP contribution in [0, 0.1) is 5.92 Å². The maximum Gasteiger partial charge on any atom is 0.323 e. The van der Waals surface area contributed by atoms with E-state index in [1.165, 1.54) is 18.2 Å². The van der Waals surface area contributed by atoms with Crippen molar-refractivity contribution in [1.82, 2.24) is 4.90 Å². The Morgan fingerprint density at radius 3 is 2.52 bits per heavy atom. The lowest BCUT2D eigenvalue weighted by atomic mass is 9.93. The normalized spacial score (nSPS) is 23.4. The Labute approximate surface area is 157 Å². The first kappa shape index (κ1) is 17.9. The van der Waals surface area contributed by atoms with Crippen LogP contribution in [-0.2, 0) is 16.1 Å². The second kappa shape index (κ2) is 7.98. The van der Waals surface area contributed by atoms with Gasteiger partial charge in [-0.3, -0.25) is 9.69 Å². The Balaban J connectivity index is 1.98. The van der Waals surface area contributed by atoms with Crippen molar-refractivity contribution in [1.29, 1.82) is 0 Å². The number of ether oxygens (including phenoxy) is 1. The molecule has 1 saturated heterocycles. The molecule has 0 amide bonds. The van der Waals surface area contributed by atoms with Gasteiger partial charge in [-0.05, 0) is 35.6 Å². The predicted molar refractivity (Wildman–Crippen MR) is 103 cm³/mol. The van der Waals surface area contributed by atoms with Crippen LogP contribution >= 0.6 is 15.9 Å². The summed E-state index contributed by atoms with van der Waals surface area (Å²) in [5, 5.41) is 0. The summed E-state index contributed by atoms with van der Waals surface area (Å²) in [6.45, 7) is 4.71. The van der Waals surface area contributed by atoms with E-state index in [0.29, 0.717) is 6.54 Å². The lowest BCUT2D eigenvalue weighted by Crippen LogP contribution is -2.37. The van der Waals surface area contributed by atoms with Crippen LogP contribution in [-0.4, -0.2) is 24.0 Å². The summed E-state index contributed by atoms with van der Waals surface area (Å²) in [6, 6.07) is 18.4. The molecule has 3 atom stereocenters. The summed E-state index contributed by atoms with van der Waals surface area (Å²) < 4.78 is 6.12. The number of methoxy groups -OCH3 is 1. The Bertz CT molecular complexity index is 729. The van der Waals surface area contributed by atoms with Gasteiger partial charge in [0.05, 0.1) is 7.11 Å². The molecule has 1 heterocycles. The van der Waals surface area contributed by atoms with Crippen LogP contribution in [0.1, 0.15) is 23.6 Å². The summed E-state index contributed by atoms with van der Waals surface area (Å²) in [6.07, 6.45) is 2.69. The molecule has 130 valence electrons.